The van der Waals surface area contributed by atoms with Gasteiger partial charge in [-0.25, -0.2) is 9.97 Å². The molecule has 4 aromatic rings. The molecule has 2 aromatic heterocycles. The predicted octanol–water partition coefficient (Wildman–Crippen LogP) is 6.50. The van der Waals surface area contributed by atoms with Crippen molar-refractivity contribution in [3.8, 4) is 0 Å². The molecule has 6 heterocycles. The second kappa shape index (κ2) is 8.06. The number of hydrogen-bond acceptors (Lipinski definition) is 6. The minimum Gasteiger partial charge on any atom is -0.341 e. The highest BCUT2D eigenvalue weighted by Crippen LogP contribution is 2.52. The van der Waals surface area contributed by atoms with E-state index in [1.165, 1.54) is 0 Å². The van der Waals surface area contributed by atoms with Gasteiger partial charge in [-0.3, -0.25) is 0 Å². The van der Waals surface area contributed by atoms with Gasteiger partial charge in [0.1, 0.15) is 36.1 Å². The van der Waals surface area contributed by atoms with Gasteiger partial charge in [-0.05, 0) is 17.5 Å². The van der Waals surface area contributed by atoms with Crippen LogP contribution in [0, 0.1) is 23.7 Å². The third-order valence-electron chi connectivity index (χ3n) is 10.1. The van der Waals surface area contributed by atoms with Gasteiger partial charge in [0.2, 0.25) is 0 Å². The SMILES string of the molecule is CC(C)C1(C(C)C)O[C@H]2Cn3c(nc4c5c(ccc43)ccc3c5nc4n3C[C@@H]3OC(C(C)C)(C(C)C)O[C@H]43)[C@H]2O1. The Kier molecular flexibility index (Phi) is 5.08. The summed E-state index contributed by atoms with van der Waals surface area (Å²) in [5.74, 6) is 1.76. The van der Waals surface area contributed by atoms with Gasteiger partial charge in [-0.1, -0.05) is 67.5 Å². The fourth-order valence-electron chi connectivity index (χ4n) is 8.12. The minimum atomic E-state index is -0.584. The summed E-state index contributed by atoms with van der Waals surface area (Å²) in [6.45, 7) is 19.0. The Morgan fingerprint density at radius 1 is 0.625 bits per heavy atom. The van der Waals surface area contributed by atoms with E-state index in [4.69, 9.17) is 28.9 Å². The Morgan fingerprint density at radius 2 is 1.02 bits per heavy atom. The highest BCUT2D eigenvalue weighted by Gasteiger charge is 2.57. The molecule has 40 heavy (non-hydrogen) atoms. The van der Waals surface area contributed by atoms with Crippen LogP contribution in [0.15, 0.2) is 24.3 Å². The molecule has 4 atom stereocenters. The Morgan fingerprint density at radius 3 is 1.40 bits per heavy atom. The van der Waals surface area contributed by atoms with Crippen LogP contribution in [-0.4, -0.2) is 42.9 Å². The molecule has 8 rings (SSSR count). The van der Waals surface area contributed by atoms with E-state index in [1.54, 1.807) is 0 Å². The van der Waals surface area contributed by atoms with Crippen molar-refractivity contribution in [2.24, 2.45) is 23.7 Å². The van der Waals surface area contributed by atoms with Crippen molar-refractivity contribution in [1.82, 2.24) is 19.1 Å². The summed E-state index contributed by atoms with van der Waals surface area (Å²) < 4.78 is 31.4. The quantitative estimate of drug-likeness (QED) is 0.292. The Labute approximate surface area is 234 Å². The summed E-state index contributed by atoms with van der Waals surface area (Å²) in [4.78, 5) is 10.5. The van der Waals surface area contributed by atoms with E-state index in [0.29, 0.717) is 0 Å². The highest BCUT2D eigenvalue weighted by molar-refractivity contribution is 6.16. The zero-order valence-electron chi connectivity index (χ0n) is 24.8. The van der Waals surface area contributed by atoms with Crippen LogP contribution in [0.5, 0.6) is 0 Å². The molecule has 0 saturated carbocycles. The minimum absolute atomic E-state index is 0.0155. The molecule has 0 aliphatic carbocycles. The summed E-state index contributed by atoms with van der Waals surface area (Å²) in [5.41, 5.74) is 4.20. The Bertz CT molecular complexity index is 1550. The number of hydrogen-bond donors (Lipinski definition) is 0. The first-order valence-corrected chi connectivity index (χ1v) is 15.1. The lowest BCUT2D eigenvalue weighted by Gasteiger charge is -2.36. The van der Waals surface area contributed by atoms with E-state index in [-0.39, 0.29) is 48.1 Å². The molecule has 0 radical (unpaired) electrons. The molecule has 0 N–H and O–H groups in total. The monoisotopic (exact) mass is 544 g/mol. The number of rotatable bonds is 4. The molecule has 0 amide bonds. The lowest BCUT2D eigenvalue weighted by molar-refractivity contribution is -0.236. The van der Waals surface area contributed by atoms with Gasteiger partial charge in [-0.15, -0.1) is 0 Å². The van der Waals surface area contributed by atoms with E-state index >= 15 is 0 Å². The predicted molar refractivity (Wildman–Crippen MR) is 153 cm³/mol. The zero-order chi connectivity index (χ0) is 27.9. The van der Waals surface area contributed by atoms with Crippen LogP contribution in [0.25, 0.3) is 32.8 Å². The van der Waals surface area contributed by atoms with Crippen LogP contribution < -0.4 is 0 Å². The molecule has 212 valence electrons. The van der Waals surface area contributed by atoms with Crippen molar-refractivity contribution in [2.75, 3.05) is 0 Å². The fourth-order valence-corrected chi connectivity index (χ4v) is 8.12. The largest absolute Gasteiger partial charge is 0.341 e. The van der Waals surface area contributed by atoms with Crippen LogP contribution in [-0.2, 0) is 32.0 Å². The standard InChI is InChI=1S/C32H40N4O4/c1-15(2)31(16(3)4)37-22-13-35-20-11-9-19-10-12-21-26(24(19)25(20)33-29(35)27(22)39-31)34-30-28-23(14-36(21)30)38-32(40-28,17(5)6)18(7)8/h9-12,15-18,22-23,27-28H,13-14H2,1-8H3/t22-,23-,27-,28-/m0/s1. The molecular weight excluding hydrogens is 504 g/mol. The van der Waals surface area contributed by atoms with Gasteiger partial charge in [-0.2, -0.15) is 0 Å². The number of nitrogens with zero attached hydrogens (tertiary/aromatic N) is 4. The average Bonchev–Trinajstić information content (AvgIpc) is 3.69. The van der Waals surface area contributed by atoms with Crippen molar-refractivity contribution in [2.45, 2.75) is 104 Å². The van der Waals surface area contributed by atoms with Crippen LogP contribution in [0.1, 0.15) is 79.2 Å². The molecule has 0 spiro atoms. The smallest absolute Gasteiger partial charge is 0.174 e. The van der Waals surface area contributed by atoms with Crippen LogP contribution in [0.3, 0.4) is 0 Å². The van der Waals surface area contributed by atoms with Crippen molar-refractivity contribution >= 4 is 32.8 Å². The maximum absolute atomic E-state index is 6.75. The molecule has 4 aliphatic heterocycles. The van der Waals surface area contributed by atoms with E-state index in [1.807, 2.05) is 0 Å². The van der Waals surface area contributed by atoms with Crippen LogP contribution >= 0.6 is 0 Å². The van der Waals surface area contributed by atoms with Gasteiger partial charge in [0.25, 0.3) is 0 Å². The first-order valence-electron chi connectivity index (χ1n) is 15.1. The summed E-state index contributed by atoms with van der Waals surface area (Å²) >= 11 is 0. The van der Waals surface area contributed by atoms with Gasteiger partial charge < -0.3 is 28.1 Å². The lowest BCUT2D eigenvalue weighted by atomic mass is 9.91. The van der Waals surface area contributed by atoms with Crippen molar-refractivity contribution in [3.63, 3.8) is 0 Å². The number of fused-ring (bicyclic) bond motifs is 13. The van der Waals surface area contributed by atoms with Crippen LogP contribution in [0.2, 0.25) is 0 Å². The van der Waals surface area contributed by atoms with Crippen molar-refractivity contribution in [1.29, 1.82) is 0 Å². The van der Waals surface area contributed by atoms with Crippen molar-refractivity contribution in [3.05, 3.63) is 35.9 Å². The number of benzene rings is 2. The van der Waals surface area contributed by atoms with E-state index < -0.39 is 11.6 Å². The van der Waals surface area contributed by atoms with Gasteiger partial charge >= 0.3 is 0 Å². The molecule has 8 heteroatoms. The highest BCUT2D eigenvalue weighted by atomic mass is 16.8. The number of ether oxygens (including phenoxy) is 4. The summed E-state index contributed by atoms with van der Waals surface area (Å²) in [7, 11) is 0. The van der Waals surface area contributed by atoms with Crippen LogP contribution in [0.4, 0.5) is 0 Å². The third-order valence-corrected chi connectivity index (χ3v) is 10.1. The molecular formula is C32H40N4O4. The maximum Gasteiger partial charge on any atom is 0.174 e. The first kappa shape index (κ1) is 25.2. The topological polar surface area (TPSA) is 72.6 Å². The molecule has 2 fully saturated rings. The van der Waals surface area contributed by atoms with Gasteiger partial charge in [0, 0.05) is 29.1 Å². The van der Waals surface area contributed by atoms with E-state index in [2.05, 4.69) is 88.8 Å². The summed E-state index contributed by atoms with van der Waals surface area (Å²) in [6, 6.07) is 8.76. The van der Waals surface area contributed by atoms with E-state index in [9.17, 15) is 0 Å². The molecule has 4 aliphatic rings. The van der Waals surface area contributed by atoms with Gasteiger partial charge in [0.05, 0.1) is 35.2 Å². The van der Waals surface area contributed by atoms with Gasteiger partial charge in [0.15, 0.2) is 11.6 Å². The molecule has 0 bridgehead atoms. The third kappa shape index (κ3) is 2.95. The summed E-state index contributed by atoms with van der Waals surface area (Å²) in [6.07, 6.45) is -0.358. The summed E-state index contributed by atoms with van der Waals surface area (Å²) in [5, 5.41) is 2.24. The zero-order valence-corrected chi connectivity index (χ0v) is 24.8. The Hall–Kier alpha value is -2.52. The fraction of sp³-hybridized carbons (Fsp3) is 0.625. The second-order valence-corrected chi connectivity index (χ2v) is 13.6. The Balaban J connectivity index is 1.25. The number of aromatic nitrogens is 4. The molecule has 0 unspecified atom stereocenters. The lowest BCUT2D eigenvalue weighted by Crippen LogP contribution is -2.43. The molecule has 8 nitrogen and oxygen atoms in total. The molecule has 2 saturated heterocycles. The normalized spacial score (nSPS) is 28.2. The second-order valence-electron chi connectivity index (χ2n) is 13.6. The maximum atomic E-state index is 6.75. The first-order chi connectivity index (χ1) is 19.1. The molecule has 2 aromatic carbocycles. The number of imidazole rings is 2. The average molecular weight is 545 g/mol. The van der Waals surface area contributed by atoms with Crippen molar-refractivity contribution < 1.29 is 18.9 Å². The van der Waals surface area contributed by atoms with E-state index in [0.717, 1.165) is 57.6 Å².